The van der Waals surface area contributed by atoms with Crippen LogP contribution in [0.1, 0.15) is 18.5 Å². The maximum Gasteiger partial charge on any atom is 0.234 e. The number of aromatic nitrogens is 1. The number of pyridine rings is 1. The summed E-state index contributed by atoms with van der Waals surface area (Å²) in [6.45, 7) is 0.972. The Morgan fingerprint density at radius 2 is 2.31 bits per heavy atom. The third kappa shape index (κ3) is 3.90. The normalized spacial score (nSPS) is 14.8. The molecule has 0 radical (unpaired) electrons. The van der Waals surface area contributed by atoms with Gasteiger partial charge >= 0.3 is 0 Å². The van der Waals surface area contributed by atoms with Crippen LogP contribution in [0.3, 0.4) is 0 Å². The van der Waals surface area contributed by atoms with Gasteiger partial charge in [0.25, 0.3) is 0 Å². The number of nitrogens with one attached hydrogen (secondary N) is 2. The van der Waals surface area contributed by atoms with Gasteiger partial charge in [-0.15, -0.1) is 0 Å². The molecule has 0 aliphatic heterocycles. The number of halogens is 1. The average Bonchev–Trinajstić information content (AvgIpc) is 3.05. The predicted molar refractivity (Wildman–Crippen MR) is 64.8 cm³/mol. The van der Waals surface area contributed by atoms with Crippen molar-refractivity contribution in [3.05, 3.63) is 28.5 Å². The molecule has 0 saturated heterocycles. The molecule has 0 atom stereocenters. The molecule has 1 saturated carbocycles. The fourth-order valence-electron chi connectivity index (χ4n) is 1.32. The van der Waals surface area contributed by atoms with Crippen molar-refractivity contribution in [1.29, 1.82) is 0 Å². The Kier molecular flexibility index (Phi) is 3.90. The molecule has 0 bridgehead atoms. The Bertz CT molecular complexity index is 362. The van der Waals surface area contributed by atoms with E-state index in [9.17, 15) is 4.79 Å². The molecule has 16 heavy (non-hydrogen) atoms. The van der Waals surface area contributed by atoms with Gasteiger partial charge in [-0.1, -0.05) is 0 Å². The average molecular weight is 284 g/mol. The van der Waals surface area contributed by atoms with E-state index in [0.29, 0.717) is 19.1 Å². The van der Waals surface area contributed by atoms with Crippen LogP contribution < -0.4 is 10.6 Å². The van der Waals surface area contributed by atoms with Gasteiger partial charge in [-0.3, -0.25) is 9.78 Å². The molecule has 1 fully saturated rings. The lowest BCUT2D eigenvalue weighted by Gasteiger charge is -2.05. The van der Waals surface area contributed by atoms with Crippen molar-refractivity contribution in [2.45, 2.75) is 25.4 Å². The number of nitrogens with zero attached hydrogens (tertiary/aromatic N) is 1. The van der Waals surface area contributed by atoms with Crippen molar-refractivity contribution in [3.63, 3.8) is 0 Å². The van der Waals surface area contributed by atoms with E-state index in [1.54, 1.807) is 6.20 Å². The first-order valence-corrected chi connectivity index (χ1v) is 6.14. The van der Waals surface area contributed by atoms with Crippen LogP contribution >= 0.6 is 15.9 Å². The Labute approximate surface area is 103 Å². The maximum absolute atomic E-state index is 11.3. The predicted octanol–water partition coefficient (Wildman–Crippen LogP) is 1.21. The molecule has 1 aromatic rings. The van der Waals surface area contributed by atoms with Crippen LogP contribution in [0.4, 0.5) is 0 Å². The largest absolute Gasteiger partial charge is 0.352 e. The standard InChI is InChI=1S/C11H14BrN3O/c12-8-1-2-10(14-5-8)6-13-7-11(16)15-9-3-4-9/h1-2,5,9,13H,3-4,6-7H2,(H,15,16). The number of rotatable bonds is 5. The molecule has 4 nitrogen and oxygen atoms in total. The molecule has 0 aromatic carbocycles. The Morgan fingerprint density at radius 3 is 2.94 bits per heavy atom. The minimum Gasteiger partial charge on any atom is -0.352 e. The lowest BCUT2D eigenvalue weighted by Crippen LogP contribution is -2.34. The summed E-state index contributed by atoms with van der Waals surface area (Å²) in [6.07, 6.45) is 4.00. The van der Waals surface area contributed by atoms with Gasteiger partial charge < -0.3 is 10.6 Å². The minimum atomic E-state index is 0.0691. The summed E-state index contributed by atoms with van der Waals surface area (Å²) in [5.74, 6) is 0.0691. The second-order valence-corrected chi connectivity index (χ2v) is 4.83. The van der Waals surface area contributed by atoms with Gasteiger partial charge in [0.2, 0.25) is 5.91 Å². The molecular weight excluding hydrogens is 270 g/mol. The van der Waals surface area contributed by atoms with E-state index in [4.69, 9.17) is 0 Å². The fourth-order valence-corrected chi connectivity index (χ4v) is 1.56. The Morgan fingerprint density at radius 1 is 1.50 bits per heavy atom. The monoisotopic (exact) mass is 283 g/mol. The van der Waals surface area contributed by atoms with Gasteiger partial charge in [-0.2, -0.15) is 0 Å². The van der Waals surface area contributed by atoms with Gasteiger partial charge in [0.1, 0.15) is 0 Å². The molecular formula is C11H14BrN3O. The van der Waals surface area contributed by atoms with Crippen LogP contribution in [0.15, 0.2) is 22.8 Å². The highest BCUT2D eigenvalue weighted by atomic mass is 79.9. The van der Waals surface area contributed by atoms with Gasteiger partial charge in [0.05, 0.1) is 12.2 Å². The summed E-state index contributed by atoms with van der Waals surface area (Å²) < 4.78 is 0.961. The fraction of sp³-hybridized carbons (Fsp3) is 0.455. The van der Waals surface area contributed by atoms with Crippen molar-refractivity contribution in [2.75, 3.05) is 6.54 Å². The quantitative estimate of drug-likeness (QED) is 0.854. The highest BCUT2D eigenvalue weighted by molar-refractivity contribution is 9.10. The summed E-state index contributed by atoms with van der Waals surface area (Å²) >= 11 is 3.32. The zero-order valence-corrected chi connectivity index (χ0v) is 10.5. The van der Waals surface area contributed by atoms with E-state index >= 15 is 0 Å². The maximum atomic E-state index is 11.3. The summed E-state index contributed by atoms with van der Waals surface area (Å²) in [5, 5.41) is 5.98. The van der Waals surface area contributed by atoms with Crippen LogP contribution in [0.5, 0.6) is 0 Å². The first kappa shape index (κ1) is 11.5. The summed E-state index contributed by atoms with van der Waals surface area (Å²) in [7, 11) is 0. The first-order chi connectivity index (χ1) is 7.74. The Hall–Kier alpha value is -0.940. The Balaban J connectivity index is 1.66. The molecule has 5 heteroatoms. The minimum absolute atomic E-state index is 0.0691. The van der Waals surface area contributed by atoms with E-state index in [-0.39, 0.29) is 5.91 Å². The van der Waals surface area contributed by atoms with Crippen LogP contribution in [0, 0.1) is 0 Å². The third-order valence-corrected chi connectivity index (χ3v) is 2.79. The van der Waals surface area contributed by atoms with Gasteiger partial charge in [0.15, 0.2) is 0 Å². The molecule has 1 aliphatic carbocycles. The molecule has 86 valence electrons. The molecule has 2 N–H and O–H groups in total. The smallest absolute Gasteiger partial charge is 0.234 e. The number of hydrogen-bond donors (Lipinski definition) is 2. The van der Waals surface area contributed by atoms with Crippen LogP contribution in [-0.4, -0.2) is 23.5 Å². The van der Waals surface area contributed by atoms with Gasteiger partial charge in [-0.25, -0.2) is 0 Å². The van der Waals surface area contributed by atoms with E-state index < -0.39 is 0 Å². The number of hydrogen-bond acceptors (Lipinski definition) is 3. The van der Waals surface area contributed by atoms with Crippen molar-refractivity contribution >= 4 is 21.8 Å². The van der Waals surface area contributed by atoms with Crippen molar-refractivity contribution < 1.29 is 4.79 Å². The lowest BCUT2D eigenvalue weighted by molar-refractivity contribution is -0.120. The van der Waals surface area contributed by atoms with Crippen LogP contribution in [0.2, 0.25) is 0 Å². The van der Waals surface area contributed by atoms with Crippen molar-refractivity contribution in [2.24, 2.45) is 0 Å². The highest BCUT2D eigenvalue weighted by Crippen LogP contribution is 2.18. The molecule has 1 aromatic heterocycles. The van der Waals surface area contributed by atoms with Crippen molar-refractivity contribution in [1.82, 2.24) is 15.6 Å². The van der Waals surface area contributed by atoms with Gasteiger partial charge in [-0.05, 0) is 40.9 Å². The number of amides is 1. The van der Waals surface area contributed by atoms with E-state index in [1.165, 1.54) is 0 Å². The molecule has 0 spiro atoms. The van der Waals surface area contributed by atoms with Crippen molar-refractivity contribution in [3.8, 4) is 0 Å². The molecule has 1 heterocycles. The zero-order chi connectivity index (χ0) is 11.4. The van der Waals surface area contributed by atoms with Gasteiger partial charge in [0, 0.05) is 23.3 Å². The third-order valence-electron chi connectivity index (χ3n) is 2.32. The highest BCUT2D eigenvalue weighted by Gasteiger charge is 2.22. The summed E-state index contributed by atoms with van der Waals surface area (Å²) in [4.78, 5) is 15.5. The summed E-state index contributed by atoms with van der Waals surface area (Å²) in [5.41, 5.74) is 0.933. The molecule has 2 rings (SSSR count). The second kappa shape index (κ2) is 5.41. The topological polar surface area (TPSA) is 54.0 Å². The SMILES string of the molecule is O=C(CNCc1ccc(Br)cn1)NC1CC1. The molecule has 1 amide bonds. The van der Waals surface area contributed by atoms with Crippen LogP contribution in [-0.2, 0) is 11.3 Å². The number of carbonyl (C=O) groups is 1. The van der Waals surface area contributed by atoms with E-state index in [1.807, 2.05) is 12.1 Å². The molecule has 0 unspecified atom stereocenters. The van der Waals surface area contributed by atoms with E-state index in [2.05, 4.69) is 31.5 Å². The van der Waals surface area contributed by atoms with E-state index in [0.717, 1.165) is 23.0 Å². The van der Waals surface area contributed by atoms with Crippen LogP contribution in [0.25, 0.3) is 0 Å². The first-order valence-electron chi connectivity index (χ1n) is 5.34. The second-order valence-electron chi connectivity index (χ2n) is 3.91. The number of carbonyl (C=O) groups excluding carboxylic acids is 1. The summed E-state index contributed by atoms with van der Waals surface area (Å²) in [6, 6.07) is 4.30. The lowest BCUT2D eigenvalue weighted by atomic mass is 10.3. The zero-order valence-electron chi connectivity index (χ0n) is 8.87. The molecule has 1 aliphatic rings.